The van der Waals surface area contributed by atoms with E-state index in [4.69, 9.17) is 9.26 Å². The maximum absolute atomic E-state index is 11.4. The molecule has 0 saturated heterocycles. The van der Waals surface area contributed by atoms with E-state index in [1.54, 1.807) is 33.8 Å². The summed E-state index contributed by atoms with van der Waals surface area (Å²) in [5.41, 5.74) is 0.0631. The summed E-state index contributed by atoms with van der Waals surface area (Å²) in [6.45, 7) is 6.75. The van der Waals surface area contributed by atoms with Crippen molar-refractivity contribution in [2.45, 2.75) is 33.3 Å². The normalized spacial score (nSPS) is 10.9. The molecule has 0 saturated carbocycles. The van der Waals surface area contributed by atoms with Crippen LogP contribution in [0.3, 0.4) is 0 Å². The van der Waals surface area contributed by atoms with Crippen LogP contribution in [0.25, 0.3) is 0 Å². The lowest BCUT2D eigenvalue weighted by Crippen LogP contribution is -2.37. The van der Waals surface area contributed by atoms with Crippen LogP contribution in [-0.2, 0) is 9.53 Å². The third-order valence-electron chi connectivity index (χ3n) is 1.68. The van der Waals surface area contributed by atoms with Crippen molar-refractivity contribution in [3.05, 3.63) is 11.8 Å². The van der Waals surface area contributed by atoms with Gasteiger partial charge in [-0.15, -0.1) is 0 Å². The Morgan fingerprint density at radius 2 is 2.11 bits per heavy atom. The number of hydrogen-bond donors (Lipinski definition) is 2. The largest absolute Gasteiger partial charge is 0.444 e. The molecule has 0 aliphatic heterocycles. The Kier molecular flexibility index (Phi) is 4.30. The Bertz CT molecular complexity index is 434. The highest BCUT2D eigenvalue weighted by Crippen LogP contribution is 2.08. The van der Waals surface area contributed by atoms with Crippen molar-refractivity contribution in [3.63, 3.8) is 0 Å². The molecular weight excluding hydrogens is 238 g/mol. The predicted molar refractivity (Wildman–Crippen MR) is 64.1 cm³/mol. The fourth-order valence-electron chi connectivity index (χ4n) is 1.07. The zero-order valence-corrected chi connectivity index (χ0v) is 10.9. The molecule has 7 nitrogen and oxygen atoms in total. The Morgan fingerprint density at radius 3 is 2.61 bits per heavy atom. The van der Waals surface area contributed by atoms with E-state index in [1.165, 1.54) is 0 Å². The standard InChI is InChI=1S/C11H17N3O4/c1-7-5-9(18-14-7)13-8(15)6-12-10(16)17-11(2,3)4/h5H,6H2,1-4H3,(H,12,16)(H,13,15). The van der Waals surface area contributed by atoms with Crippen molar-refractivity contribution < 1.29 is 18.8 Å². The monoisotopic (exact) mass is 255 g/mol. The van der Waals surface area contributed by atoms with E-state index in [0.717, 1.165) is 0 Å². The van der Waals surface area contributed by atoms with Crippen LogP contribution >= 0.6 is 0 Å². The van der Waals surface area contributed by atoms with E-state index >= 15 is 0 Å². The van der Waals surface area contributed by atoms with Gasteiger partial charge >= 0.3 is 6.09 Å². The van der Waals surface area contributed by atoms with Gasteiger partial charge < -0.3 is 14.6 Å². The molecule has 1 aromatic rings. The molecule has 1 heterocycles. The van der Waals surface area contributed by atoms with E-state index in [-0.39, 0.29) is 12.4 Å². The number of carbonyl (C=O) groups is 2. The van der Waals surface area contributed by atoms with Crippen molar-refractivity contribution in [2.75, 3.05) is 11.9 Å². The number of nitrogens with one attached hydrogen (secondary N) is 2. The maximum Gasteiger partial charge on any atom is 0.408 e. The average molecular weight is 255 g/mol. The molecule has 0 fully saturated rings. The van der Waals surface area contributed by atoms with Crippen LogP contribution in [0, 0.1) is 6.92 Å². The minimum absolute atomic E-state index is 0.200. The van der Waals surface area contributed by atoms with Crippen molar-refractivity contribution in [1.82, 2.24) is 10.5 Å². The molecule has 2 amide bonds. The van der Waals surface area contributed by atoms with Gasteiger partial charge in [0.15, 0.2) is 0 Å². The minimum Gasteiger partial charge on any atom is -0.444 e. The van der Waals surface area contributed by atoms with Gasteiger partial charge in [0.05, 0.1) is 5.69 Å². The zero-order chi connectivity index (χ0) is 13.8. The van der Waals surface area contributed by atoms with Crippen molar-refractivity contribution in [2.24, 2.45) is 0 Å². The first-order chi connectivity index (χ1) is 8.26. The van der Waals surface area contributed by atoms with E-state index < -0.39 is 17.6 Å². The highest BCUT2D eigenvalue weighted by molar-refractivity contribution is 5.92. The molecule has 0 atom stereocenters. The quantitative estimate of drug-likeness (QED) is 0.852. The van der Waals surface area contributed by atoms with Gasteiger partial charge in [0.1, 0.15) is 12.1 Å². The molecule has 0 unspecified atom stereocenters. The summed E-state index contributed by atoms with van der Waals surface area (Å²) >= 11 is 0. The summed E-state index contributed by atoms with van der Waals surface area (Å²) in [5.74, 6) is -0.180. The second-order valence-electron chi connectivity index (χ2n) is 4.74. The van der Waals surface area contributed by atoms with E-state index in [1.807, 2.05) is 0 Å². The number of alkyl carbamates (subject to hydrolysis) is 1. The fraction of sp³-hybridized carbons (Fsp3) is 0.545. The van der Waals surface area contributed by atoms with Crippen molar-refractivity contribution >= 4 is 17.9 Å². The first-order valence-corrected chi connectivity index (χ1v) is 5.46. The molecule has 0 aliphatic rings. The first kappa shape index (κ1) is 14.0. The Balaban J connectivity index is 2.31. The van der Waals surface area contributed by atoms with Gasteiger partial charge in [-0.3, -0.25) is 10.1 Å². The predicted octanol–water partition coefficient (Wildman–Crippen LogP) is 1.45. The summed E-state index contributed by atoms with van der Waals surface area (Å²) < 4.78 is 9.77. The second-order valence-corrected chi connectivity index (χ2v) is 4.74. The van der Waals surface area contributed by atoms with E-state index in [0.29, 0.717) is 5.69 Å². The lowest BCUT2D eigenvalue weighted by Gasteiger charge is -2.19. The lowest BCUT2D eigenvalue weighted by molar-refractivity contribution is -0.115. The Labute approximate surface area is 105 Å². The summed E-state index contributed by atoms with van der Waals surface area (Å²) in [5, 5.41) is 8.38. The van der Waals surface area contributed by atoms with Crippen LogP contribution in [0.4, 0.5) is 10.7 Å². The molecule has 1 rings (SSSR count). The number of ether oxygens (including phenoxy) is 1. The average Bonchev–Trinajstić information content (AvgIpc) is 2.58. The van der Waals surface area contributed by atoms with Crippen molar-refractivity contribution in [1.29, 1.82) is 0 Å². The van der Waals surface area contributed by atoms with Gasteiger partial charge in [-0.2, -0.15) is 0 Å². The molecular formula is C11H17N3O4. The molecule has 1 aromatic heterocycles. The van der Waals surface area contributed by atoms with Crippen LogP contribution in [0.5, 0.6) is 0 Å². The van der Waals surface area contributed by atoms with Crippen LogP contribution in [0.15, 0.2) is 10.6 Å². The van der Waals surface area contributed by atoms with Crippen LogP contribution in [0.2, 0.25) is 0 Å². The maximum atomic E-state index is 11.4. The summed E-state index contributed by atoms with van der Waals surface area (Å²) in [6.07, 6.45) is -0.647. The van der Waals surface area contributed by atoms with Crippen LogP contribution in [-0.4, -0.2) is 29.3 Å². The molecule has 0 radical (unpaired) electrons. The molecule has 0 aromatic carbocycles. The zero-order valence-electron chi connectivity index (χ0n) is 10.9. The molecule has 2 N–H and O–H groups in total. The van der Waals surface area contributed by atoms with Gasteiger partial charge in [0.25, 0.3) is 0 Å². The number of aromatic nitrogens is 1. The SMILES string of the molecule is Cc1cc(NC(=O)CNC(=O)OC(C)(C)C)on1. The second kappa shape index (κ2) is 5.52. The minimum atomic E-state index is -0.647. The van der Waals surface area contributed by atoms with Crippen molar-refractivity contribution in [3.8, 4) is 0 Å². The van der Waals surface area contributed by atoms with Gasteiger partial charge in [-0.05, 0) is 27.7 Å². The topological polar surface area (TPSA) is 93.5 Å². The smallest absolute Gasteiger partial charge is 0.408 e. The van der Waals surface area contributed by atoms with E-state index in [2.05, 4.69) is 15.8 Å². The summed E-state index contributed by atoms with van der Waals surface area (Å²) in [6, 6.07) is 1.57. The van der Waals surface area contributed by atoms with Crippen LogP contribution < -0.4 is 10.6 Å². The third-order valence-corrected chi connectivity index (χ3v) is 1.68. The third kappa shape index (κ3) is 5.33. The number of amides is 2. The summed E-state index contributed by atoms with van der Waals surface area (Å²) in [4.78, 5) is 22.7. The number of hydrogen-bond acceptors (Lipinski definition) is 5. The number of nitrogens with zero attached hydrogens (tertiary/aromatic N) is 1. The molecule has 18 heavy (non-hydrogen) atoms. The number of aryl methyl sites for hydroxylation is 1. The highest BCUT2D eigenvalue weighted by atomic mass is 16.6. The summed E-state index contributed by atoms with van der Waals surface area (Å²) in [7, 11) is 0. The lowest BCUT2D eigenvalue weighted by atomic mass is 10.2. The van der Waals surface area contributed by atoms with Crippen LogP contribution in [0.1, 0.15) is 26.5 Å². The molecule has 0 bridgehead atoms. The number of rotatable bonds is 3. The molecule has 0 spiro atoms. The fourth-order valence-corrected chi connectivity index (χ4v) is 1.07. The Hall–Kier alpha value is -2.05. The molecule has 100 valence electrons. The van der Waals surface area contributed by atoms with E-state index in [9.17, 15) is 9.59 Å². The highest BCUT2D eigenvalue weighted by Gasteiger charge is 2.16. The number of carbonyl (C=O) groups excluding carboxylic acids is 2. The van der Waals surface area contributed by atoms with Gasteiger partial charge in [0, 0.05) is 6.07 Å². The Morgan fingerprint density at radius 1 is 1.44 bits per heavy atom. The molecule has 7 heteroatoms. The number of anilines is 1. The van der Waals surface area contributed by atoms with Gasteiger partial charge in [-0.25, -0.2) is 4.79 Å². The van der Waals surface area contributed by atoms with Gasteiger partial charge in [-0.1, -0.05) is 5.16 Å². The first-order valence-electron chi connectivity index (χ1n) is 5.46. The van der Waals surface area contributed by atoms with Gasteiger partial charge in [0.2, 0.25) is 11.8 Å². The molecule has 0 aliphatic carbocycles.